The Bertz CT molecular complexity index is 223. The van der Waals surface area contributed by atoms with Gasteiger partial charge in [-0.2, -0.15) is 0 Å². The van der Waals surface area contributed by atoms with Crippen LogP contribution in [0.25, 0.3) is 0 Å². The SMILES string of the molecule is CCC(CC)N(C)CC1C2CCC(C2)C1N. The molecule has 16 heavy (non-hydrogen) atoms. The van der Waals surface area contributed by atoms with Gasteiger partial charge in [0.1, 0.15) is 0 Å². The Kier molecular flexibility index (Phi) is 3.91. The van der Waals surface area contributed by atoms with Crippen molar-refractivity contribution in [2.24, 2.45) is 23.5 Å². The van der Waals surface area contributed by atoms with Crippen LogP contribution < -0.4 is 5.73 Å². The van der Waals surface area contributed by atoms with Crippen LogP contribution in [-0.4, -0.2) is 30.6 Å². The molecule has 4 unspecified atom stereocenters. The first-order valence-corrected chi connectivity index (χ1v) is 7.13. The average Bonchev–Trinajstić information content (AvgIpc) is 2.84. The molecule has 4 atom stereocenters. The summed E-state index contributed by atoms with van der Waals surface area (Å²) < 4.78 is 0. The lowest BCUT2D eigenvalue weighted by Gasteiger charge is -2.35. The molecule has 0 aliphatic heterocycles. The van der Waals surface area contributed by atoms with Crippen molar-refractivity contribution in [3.8, 4) is 0 Å². The quantitative estimate of drug-likeness (QED) is 0.777. The maximum absolute atomic E-state index is 6.37. The number of nitrogens with zero attached hydrogens (tertiary/aromatic N) is 1. The topological polar surface area (TPSA) is 29.3 Å². The normalized spacial score (nSPS) is 37.9. The van der Waals surface area contributed by atoms with Gasteiger partial charge in [-0.3, -0.25) is 0 Å². The van der Waals surface area contributed by atoms with Crippen molar-refractivity contribution in [3.63, 3.8) is 0 Å². The third kappa shape index (κ3) is 2.14. The van der Waals surface area contributed by atoms with E-state index in [2.05, 4.69) is 25.8 Å². The lowest BCUT2D eigenvalue weighted by molar-refractivity contribution is 0.153. The van der Waals surface area contributed by atoms with Crippen LogP contribution >= 0.6 is 0 Å². The van der Waals surface area contributed by atoms with Crippen LogP contribution in [0.4, 0.5) is 0 Å². The molecular formula is C14H28N2. The molecule has 0 amide bonds. The summed E-state index contributed by atoms with van der Waals surface area (Å²) in [6.07, 6.45) is 6.80. The zero-order chi connectivity index (χ0) is 11.7. The molecule has 2 aliphatic carbocycles. The van der Waals surface area contributed by atoms with Crippen molar-refractivity contribution in [3.05, 3.63) is 0 Å². The van der Waals surface area contributed by atoms with Gasteiger partial charge in [0.15, 0.2) is 0 Å². The predicted octanol–water partition coefficient (Wildman–Crippen LogP) is 2.48. The van der Waals surface area contributed by atoms with Crippen molar-refractivity contribution in [2.75, 3.05) is 13.6 Å². The molecule has 2 rings (SSSR count). The van der Waals surface area contributed by atoms with Gasteiger partial charge in [0, 0.05) is 18.6 Å². The fourth-order valence-electron chi connectivity index (χ4n) is 4.12. The molecule has 2 aliphatic rings. The van der Waals surface area contributed by atoms with Crippen molar-refractivity contribution in [2.45, 2.75) is 58.0 Å². The second-order valence-electron chi connectivity index (χ2n) is 5.98. The molecular weight excluding hydrogens is 196 g/mol. The van der Waals surface area contributed by atoms with Gasteiger partial charge < -0.3 is 10.6 Å². The number of hydrogen-bond acceptors (Lipinski definition) is 2. The molecule has 2 fully saturated rings. The van der Waals surface area contributed by atoms with Gasteiger partial charge >= 0.3 is 0 Å². The molecule has 2 heteroatoms. The Morgan fingerprint density at radius 1 is 1.19 bits per heavy atom. The average molecular weight is 224 g/mol. The van der Waals surface area contributed by atoms with E-state index in [4.69, 9.17) is 5.73 Å². The van der Waals surface area contributed by atoms with Crippen molar-refractivity contribution in [1.29, 1.82) is 0 Å². The smallest absolute Gasteiger partial charge is 0.0111 e. The Hall–Kier alpha value is -0.0800. The van der Waals surface area contributed by atoms with Crippen LogP contribution in [0.15, 0.2) is 0 Å². The van der Waals surface area contributed by atoms with E-state index in [9.17, 15) is 0 Å². The molecule has 0 saturated heterocycles. The van der Waals surface area contributed by atoms with Gasteiger partial charge in [-0.05, 0) is 56.9 Å². The van der Waals surface area contributed by atoms with E-state index in [1.54, 1.807) is 0 Å². The van der Waals surface area contributed by atoms with Crippen LogP contribution in [0.3, 0.4) is 0 Å². The largest absolute Gasteiger partial charge is 0.327 e. The van der Waals surface area contributed by atoms with E-state index in [-0.39, 0.29) is 0 Å². The molecule has 0 aromatic rings. The van der Waals surface area contributed by atoms with Crippen LogP contribution in [-0.2, 0) is 0 Å². The van der Waals surface area contributed by atoms with Gasteiger partial charge in [0.25, 0.3) is 0 Å². The molecule has 2 N–H and O–H groups in total. The summed E-state index contributed by atoms with van der Waals surface area (Å²) in [5, 5.41) is 0. The first kappa shape index (κ1) is 12.4. The maximum Gasteiger partial charge on any atom is 0.0111 e. The van der Waals surface area contributed by atoms with Gasteiger partial charge in [-0.1, -0.05) is 13.8 Å². The molecule has 94 valence electrons. The molecule has 0 radical (unpaired) electrons. The minimum Gasteiger partial charge on any atom is -0.327 e. The number of hydrogen-bond donors (Lipinski definition) is 1. The minimum atomic E-state index is 0.496. The summed E-state index contributed by atoms with van der Waals surface area (Å²) in [7, 11) is 2.29. The molecule has 0 spiro atoms. The highest BCUT2D eigenvalue weighted by Gasteiger charge is 2.45. The Morgan fingerprint density at radius 3 is 2.31 bits per heavy atom. The Balaban J connectivity index is 1.89. The van der Waals surface area contributed by atoms with Crippen molar-refractivity contribution < 1.29 is 0 Å². The van der Waals surface area contributed by atoms with E-state index < -0.39 is 0 Å². The molecule has 2 saturated carbocycles. The Labute approximate surface area is 101 Å². The van der Waals surface area contributed by atoms with E-state index >= 15 is 0 Å². The summed E-state index contributed by atoms with van der Waals surface area (Å²) >= 11 is 0. The fourth-order valence-corrected chi connectivity index (χ4v) is 4.12. The molecule has 2 nitrogen and oxygen atoms in total. The lowest BCUT2D eigenvalue weighted by atomic mass is 9.84. The zero-order valence-electron chi connectivity index (χ0n) is 11.2. The van der Waals surface area contributed by atoms with Crippen LogP contribution in [0, 0.1) is 17.8 Å². The number of rotatable bonds is 5. The summed E-state index contributed by atoms with van der Waals surface area (Å²) in [6, 6.07) is 1.25. The zero-order valence-corrected chi connectivity index (χ0v) is 11.2. The highest BCUT2D eigenvalue weighted by Crippen LogP contribution is 2.47. The van der Waals surface area contributed by atoms with Gasteiger partial charge in [-0.15, -0.1) is 0 Å². The highest BCUT2D eigenvalue weighted by atomic mass is 15.1. The third-order valence-electron chi connectivity index (χ3n) is 5.22. The van der Waals surface area contributed by atoms with Crippen molar-refractivity contribution >= 4 is 0 Å². The third-order valence-corrected chi connectivity index (χ3v) is 5.22. The highest BCUT2D eigenvalue weighted by molar-refractivity contribution is 4.99. The second-order valence-corrected chi connectivity index (χ2v) is 5.98. The number of nitrogens with two attached hydrogens (primary N) is 1. The maximum atomic E-state index is 6.37. The van der Waals surface area contributed by atoms with Crippen LogP contribution in [0.5, 0.6) is 0 Å². The molecule has 0 aromatic carbocycles. The number of fused-ring (bicyclic) bond motifs is 2. The second kappa shape index (κ2) is 5.05. The monoisotopic (exact) mass is 224 g/mol. The van der Waals surface area contributed by atoms with E-state index in [1.807, 2.05) is 0 Å². The summed E-state index contributed by atoms with van der Waals surface area (Å²) in [4.78, 5) is 2.56. The summed E-state index contributed by atoms with van der Waals surface area (Å²) in [5.41, 5.74) is 6.37. The van der Waals surface area contributed by atoms with E-state index in [1.165, 1.54) is 38.6 Å². The van der Waals surface area contributed by atoms with Crippen molar-refractivity contribution in [1.82, 2.24) is 4.90 Å². The van der Waals surface area contributed by atoms with Gasteiger partial charge in [0.05, 0.1) is 0 Å². The predicted molar refractivity (Wildman–Crippen MR) is 69.3 cm³/mol. The molecule has 0 aromatic heterocycles. The lowest BCUT2D eigenvalue weighted by Crippen LogP contribution is -2.44. The van der Waals surface area contributed by atoms with Crippen LogP contribution in [0.1, 0.15) is 46.0 Å². The first-order chi connectivity index (χ1) is 7.67. The van der Waals surface area contributed by atoms with Gasteiger partial charge in [0.2, 0.25) is 0 Å². The summed E-state index contributed by atoms with van der Waals surface area (Å²) in [5.74, 6) is 2.58. The minimum absolute atomic E-state index is 0.496. The standard InChI is InChI=1S/C14H28N2/c1-4-12(5-2)16(3)9-13-10-6-7-11(8-10)14(13)15/h10-14H,4-9,15H2,1-3H3. The first-order valence-electron chi connectivity index (χ1n) is 7.13. The molecule has 2 bridgehead atoms. The fraction of sp³-hybridized carbons (Fsp3) is 1.00. The van der Waals surface area contributed by atoms with Crippen LogP contribution in [0.2, 0.25) is 0 Å². The van der Waals surface area contributed by atoms with E-state index in [0.29, 0.717) is 6.04 Å². The Morgan fingerprint density at radius 2 is 1.81 bits per heavy atom. The van der Waals surface area contributed by atoms with Gasteiger partial charge in [-0.25, -0.2) is 0 Å². The molecule has 0 heterocycles. The summed E-state index contributed by atoms with van der Waals surface area (Å²) in [6.45, 7) is 5.82. The van der Waals surface area contributed by atoms with E-state index in [0.717, 1.165) is 23.8 Å².